The fraction of sp³-hybridized carbons (Fsp3) is 0.188. The summed E-state index contributed by atoms with van der Waals surface area (Å²) >= 11 is 5.11. The highest BCUT2D eigenvalue weighted by Crippen LogP contribution is 2.10. The van der Waals surface area contributed by atoms with Gasteiger partial charge in [-0.1, -0.05) is 12.1 Å². The summed E-state index contributed by atoms with van der Waals surface area (Å²) in [5.41, 5.74) is 5.98. The smallest absolute Gasteiger partial charge is 0.187 e. The Morgan fingerprint density at radius 3 is 2.74 bits per heavy atom. The Morgan fingerprint density at radius 2 is 2.13 bits per heavy atom. The maximum Gasteiger partial charge on any atom is 0.187 e. The largest absolute Gasteiger partial charge is 0.357 e. The quantitative estimate of drug-likeness (QED) is 0.513. The van der Waals surface area contributed by atoms with Gasteiger partial charge in [0.25, 0.3) is 0 Å². The first-order chi connectivity index (χ1) is 11.0. The highest BCUT2D eigenvalue weighted by atomic mass is 32.1. The van der Waals surface area contributed by atoms with Crippen molar-refractivity contribution >= 4 is 23.5 Å². The van der Waals surface area contributed by atoms with Gasteiger partial charge in [0, 0.05) is 24.8 Å². The van der Waals surface area contributed by atoms with E-state index >= 15 is 0 Å². The van der Waals surface area contributed by atoms with Crippen LogP contribution in [0.2, 0.25) is 0 Å². The molecule has 0 fully saturated rings. The maximum absolute atomic E-state index is 12.8. The number of nitriles is 1. The molecular weight excluding hydrogens is 313 g/mol. The van der Waals surface area contributed by atoms with Gasteiger partial charge >= 0.3 is 0 Å². The number of rotatable bonds is 4. The minimum atomic E-state index is -0.269. The highest BCUT2D eigenvalue weighted by Gasteiger charge is 2.06. The molecule has 2 aromatic rings. The first-order valence-corrected chi connectivity index (χ1v) is 7.30. The third kappa shape index (κ3) is 4.37. The van der Waals surface area contributed by atoms with Gasteiger partial charge in [-0.3, -0.25) is 5.43 Å². The molecule has 0 saturated carbocycles. The number of hydrogen-bond acceptors (Lipinski definition) is 3. The molecule has 0 amide bonds. The van der Waals surface area contributed by atoms with Crippen LogP contribution in [0, 0.1) is 24.1 Å². The maximum atomic E-state index is 12.8. The van der Waals surface area contributed by atoms with E-state index in [1.54, 1.807) is 29.0 Å². The summed E-state index contributed by atoms with van der Waals surface area (Å²) in [6.45, 7) is 2.39. The number of aromatic nitrogens is 1. The molecule has 0 radical (unpaired) electrons. The summed E-state index contributed by atoms with van der Waals surface area (Å²) in [5, 5.41) is 16.4. The molecule has 23 heavy (non-hydrogen) atoms. The summed E-state index contributed by atoms with van der Waals surface area (Å²) in [6, 6.07) is 10.0. The van der Waals surface area contributed by atoms with Crippen LogP contribution in [0.5, 0.6) is 0 Å². The van der Waals surface area contributed by atoms with Crippen molar-refractivity contribution in [2.75, 3.05) is 0 Å². The molecule has 2 N–H and O–H groups in total. The standard InChI is InChI=1S/C16H16FN5S/c1-11-13(7-15(8-18)22(11)2)10-20-21-16(23)19-9-12-3-5-14(17)6-4-12/h3-7,10H,9H2,1-2H3,(H2,19,21,23)/b20-10-. The van der Waals surface area contributed by atoms with Crippen molar-refractivity contribution in [3.05, 3.63) is 58.7 Å². The lowest BCUT2D eigenvalue weighted by molar-refractivity contribution is 0.626. The van der Waals surface area contributed by atoms with Crippen molar-refractivity contribution in [1.82, 2.24) is 15.3 Å². The molecule has 0 unspecified atom stereocenters. The minimum Gasteiger partial charge on any atom is -0.357 e. The van der Waals surface area contributed by atoms with Crippen molar-refractivity contribution in [3.63, 3.8) is 0 Å². The van der Waals surface area contributed by atoms with Gasteiger partial charge in [-0.15, -0.1) is 0 Å². The fourth-order valence-corrected chi connectivity index (χ4v) is 2.07. The Morgan fingerprint density at radius 1 is 1.43 bits per heavy atom. The van der Waals surface area contributed by atoms with Gasteiger partial charge in [-0.25, -0.2) is 4.39 Å². The van der Waals surface area contributed by atoms with Crippen molar-refractivity contribution in [3.8, 4) is 6.07 Å². The molecule has 1 aromatic heterocycles. The molecule has 5 nitrogen and oxygen atoms in total. The van der Waals surface area contributed by atoms with E-state index in [2.05, 4.69) is 21.9 Å². The second-order valence-corrected chi connectivity index (χ2v) is 5.33. The first-order valence-electron chi connectivity index (χ1n) is 6.89. The van der Waals surface area contributed by atoms with Gasteiger partial charge in [0.2, 0.25) is 0 Å². The Bertz CT molecular complexity index is 771. The summed E-state index contributed by atoms with van der Waals surface area (Å²) in [5.74, 6) is -0.269. The van der Waals surface area contributed by atoms with Crippen LogP contribution in [0.15, 0.2) is 35.4 Å². The van der Waals surface area contributed by atoms with E-state index in [1.807, 2.05) is 14.0 Å². The number of thiocarbonyl (C=S) groups is 1. The highest BCUT2D eigenvalue weighted by molar-refractivity contribution is 7.80. The number of halogens is 1. The van der Waals surface area contributed by atoms with Crippen LogP contribution in [0.3, 0.4) is 0 Å². The molecule has 0 aliphatic heterocycles. The van der Waals surface area contributed by atoms with Crippen LogP contribution in [-0.2, 0) is 13.6 Å². The predicted octanol–water partition coefficient (Wildman–Crippen LogP) is 2.34. The molecule has 2 rings (SSSR count). The third-order valence-electron chi connectivity index (χ3n) is 3.43. The second kappa shape index (κ2) is 7.51. The van der Waals surface area contributed by atoms with Crippen LogP contribution in [-0.4, -0.2) is 15.9 Å². The zero-order valence-electron chi connectivity index (χ0n) is 12.8. The van der Waals surface area contributed by atoms with E-state index in [0.29, 0.717) is 17.4 Å². The van der Waals surface area contributed by atoms with Gasteiger partial charge in [0.15, 0.2) is 5.11 Å². The van der Waals surface area contributed by atoms with Crippen LogP contribution < -0.4 is 10.7 Å². The van der Waals surface area contributed by atoms with Crippen LogP contribution in [0.4, 0.5) is 4.39 Å². The zero-order valence-corrected chi connectivity index (χ0v) is 13.6. The lowest BCUT2D eigenvalue weighted by Crippen LogP contribution is -2.31. The Hall–Kier alpha value is -2.72. The van der Waals surface area contributed by atoms with Crippen molar-refractivity contribution in [2.24, 2.45) is 12.1 Å². The molecule has 1 heterocycles. The summed E-state index contributed by atoms with van der Waals surface area (Å²) in [7, 11) is 1.83. The number of hydrogen-bond donors (Lipinski definition) is 2. The van der Waals surface area contributed by atoms with E-state index in [1.165, 1.54) is 12.1 Å². The molecule has 0 aliphatic rings. The Kier molecular flexibility index (Phi) is 5.44. The molecule has 0 spiro atoms. The van der Waals surface area contributed by atoms with Crippen molar-refractivity contribution < 1.29 is 4.39 Å². The summed E-state index contributed by atoms with van der Waals surface area (Å²) < 4.78 is 14.6. The number of hydrazone groups is 1. The van der Waals surface area contributed by atoms with E-state index in [-0.39, 0.29) is 5.82 Å². The predicted molar refractivity (Wildman–Crippen MR) is 91.4 cm³/mol. The Labute approximate surface area is 139 Å². The normalized spacial score (nSPS) is 10.5. The molecule has 1 aromatic carbocycles. The van der Waals surface area contributed by atoms with Gasteiger partial charge in [0.05, 0.1) is 6.21 Å². The van der Waals surface area contributed by atoms with E-state index in [9.17, 15) is 4.39 Å². The number of nitrogens with one attached hydrogen (secondary N) is 2. The Balaban J connectivity index is 1.87. The fourth-order valence-electron chi connectivity index (χ4n) is 1.95. The number of nitrogens with zero attached hydrogens (tertiary/aromatic N) is 3. The SMILES string of the molecule is Cc1c(/C=N\NC(=S)NCc2ccc(F)cc2)cc(C#N)n1C. The molecule has 0 bridgehead atoms. The third-order valence-corrected chi connectivity index (χ3v) is 3.66. The van der Waals surface area contributed by atoms with E-state index in [4.69, 9.17) is 17.5 Å². The molecule has 0 atom stereocenters. The molecule has 0 saturated heterocycles. The zero-order chi connectivity index (χ0) is 16.8. The van der Waals surface area contributed by atoms with Gasteiger partial charge in [0.1, 0.15) is 17.6 Å². The average Bonchev–Trinajstić information content (AvgIpc) is 2.82. The van der Waals surface area contributed by atoms with Crippen LogP contribution in [0.25, 0.3) is 0 Å². The second-order valence-electron chi connectivity index (χ2n) is 4.92. The molecular formula is C16H16FN5S. The van der Waals surface area contributed by atoms with Gasteiger partial charge < -0.3 is 9.88 Å². The monoisotopic (exact) mass is 329 g/mol. The molecule has 7 heteroatoms. The lowest BCUT2D eigenvalue weighted by atomic mass is 10.2. The topological polar surface area (TPSA) is 65.1 Å². The average molecular weight is 329 g/mol. The summed E-state index contributed by atoms with van der Waals surface area (Å²) in [4.78, 5) is 0. The molecule has 0 aliphatic carbocycles. The van der Waals surface area contributed by atoms with Crippen molar-refractivity contribution in [1.29, 1.82) is 5.26 Å². The lowest BCUT2D eigenvalue weighted by Gasteiger charge is -2.06. The van der Waals surface area contributed by atoms with Gasteiger partial charge in [-0.2, -0.15) is 10.4 Å². The van der Waals surface area contributed by atoms with Crippen molar-refractivity contribution in [2.45, 2.75) is 13.5 Å². The van der Waals surface area contributed by atoms with Crippen LogP contribution >= 0.6 is 12.2 Å². The first kappa shape index (κ1) is 16.6. The minimum absolute atomic E-state index is 0.269. The molecule has 118 valence electrons. The van der Waals surface area contributed by atoms with Crippen LogP contribution in [0.1, 0.15) is 22.5 Å². The van der Waals surface area contributed by atoms with Gasteiger partial charge in [-0.05, 0) is 42.9 Å². The number of benzene rings is 1. The summed E-state index contributed by atoms with van der Waals surface area (Å²) in [6.07, 6.45) is 1.61. The van der Waals surface area contributed by atoms with E-state index in [0.717, 1.165) is 16.8 Å². The van der Waals surface area contributed by atoms with E-state index < -0.39 is 0 Å².